The van der Waals surface area contributed by atoms with Crippen LogP contribution in [0.5, 0.6) is 0 Å². The molecule has 2 atom stereocenters. The van der Waals surface area contributed by atoms with Gasteiger partial charge in [-0.3, -0.25) is 4.79 Å². The van der Waals surface area contributed by atoms with E-state index in [1.54, 1.807) is 30.3 Å². The number of hydrogen-bond acceptors (Lipinski definition) is 5. The molecule has 0 saturated heterocycles. The SMILES string of the molecule is CCOC(=O)[C@](C)(O)C(=O)N[C@@H](Cc1ccccc1)C(=O)O. The Hall–Kier alpha value is -2.41. The minimum Gasteiger partial charge on any atom is -0.480 e. The van der Waals surface area contributed by atoms with Gasteiger partial charge in [-0.05, 0) is 19.4 Å². The number of carbonyl (C=O) groups is 3. The highest BCUT2D eigenvalue weighted by Gasteiger charge is 2.42. The Morgan fingerprint density at radius 1 is 1.27 bits per heavy atom. The number of rotatable bonds is 7. The molecule has 0 fully saturated rings. The van der Waals surface area contributed by atoms with E-state index < -0.39 is 29.5 Å². The molecule has 0 aliphatic carbocycles. The molecule has 7 heteroatoms. The average Bonchev–Trinajstić information content (AvgIpc) is 2.47. The zero-order valence-corrected chi connectivity index (χ0v) is 12.4. The Bertz CT molecular complexity index is 540. The fourth-order valence-corrected chi connectivity index (χ4v) is 1.71. The minimum atomic E-state index is -2.44. The summed E-state index contributed by atoms with van der Waals surface area (Å²) in [5.41, 5.74) is -1.74. The van der Waals surface area contributed by atoms with Gasteiger partial charge in [0.2, 0.25) is 5.60 Å². The van der Waals surface area contributed by atoms with Crippen molar-refractivity contribution in [3.05, 3.63) is 35.9 Å². The summed E-state index contributed by atoms with van der Waals surface area (Å²) >= 11 is 0. The van der Waals surface area contributed by atoms with Gasteiger partial charge >= 0.3 is 11.9 Å². The lowest BCUT2D eigenvalue weighted by Gasteiger charge is -2.23. The first-order valence-electron chi connectivity index (χ1n) is 6.76. The number of amides is 1. The van der Waals surface area contributed by atoms with E-state index in [0.29, 0.717) is 5.56 Å². The lowest BCUT2D eigenvalue weighted by atomic mass is 10.0. The quantitative estimate of drug-likeness (QED) is 0.487. The third-order valence-corrected chi connectivity index (χ3v) is 3.00. The summed E-state index contributed by atoms with van der Waals surface area (Å²) in [4.78, 5) is 34.7. The summed E-state index contributed by atoms with van der Waals surface area (Å²) < 4.78 is 4.59. The van der Waals surface area contributed by atoms with Crippen LogP contribution in [0.1, 0.15) is 19.4 Å². The van der Waals surface area contributed by atoms with Crippen molar-refractivity contribution in [2.24, 2.45) is 0 Å². The first-order chi connectivity index (χ1) is 10.3. The van der Waals surface area contributed by atoms with E-state index in [-0.39, 0.29) is 13.0 Å². The highest BCUT2D eigenvalue weighted by molar-refractivity contribution is 6.06. The molecular formula is C15H19NO6. The van der Waals surface area contributed by atoms with Gasteiger partial charge in [-0.15, -0.1) is 0 Å². The number of esters is 1. The van der Waals surface area contributed by atoms with Gasteiger partial charge in [-0.2, -0.15) is 0 Å². The number of carboxylic acid groups (broad SMARTS) is 1. The number of aliphatic hydroxyl groups is 1. The van der Waals surface area contributed by atoms with Crippen molar-refractivity contribution >= 4 is 17.8 Å². The van der Waals surface area contributed by atoms with Crippen molar-refractivity contribution < 1.29 is 29.3 Å². The highest BCUT2D eigenvalue weighted by Crippen LogP contribution is 2.09. The lowest BCUT2D eigenvalue weighted by Crippen LogP contribution is -2.55. The van der Waals surface area contributed by atoms with Gasteiger partial charge in [0.05, 0.1) is 6.61 Å². The first-order valence-corrected chi connectivity index (χ1v) is 6.76. The molecule has 0 aromatic heterocycles. The Labute approximate surface area is 127 Å². The minimum absolute atomic E-state index is 0.00532. The Morgan fingerprint density at radius 3 is 2.36 bits per heavy atom. The lowest BCUT2D eigenvalue weighted by molar-refractivity contribution is -0.170. The number of aliphatic carboxylic acids is 1. The van der Waals surface area contributed by atoms with Crippen LogP contribution in [0.15, 0.2) is 30.3 Å². The second kappa shape index (κ2) is 7.56. The first kappa shape index (κ1) is 17.6. The number of ether oxygens (including phenoxy) is 1. The summed E-state index contributed by atoms with van der Waals surface area (Å²) in [6.45, 7) is 2.48. The maximum Gasteiger partial charge on any atom is 0.347 e. The Morgan fingerprint density at radius 2 is 1.86 bits per heavy atom. The molecule has 1 aromatic rings. The van der Waals surface area contributed by atoms with Gasteiger partial charge < -0.3 is 20.3 Å². The third-order valence-electron chi connectivity index (χ3n) is 3.00. The predicted octanol–water partition coefficient (Wildman–Crippen LogP) is 0.113. The largest absolute Gasteiger partial charge is 0.480 e. The predicted molar refractivity (Wildman–Crippen MR) is 77.0 cm³/mol. The van der Waals surface area contributed by atoms with Crippen molar-refractivity contribution in [3.63, 3.8) is 0 Å². The fourth-order valence-electron chi connectivity index (χ4n) is 1.71. The van der Waals surface area contributed by atoms with E-state index in [0.717, 1.165) is 6.92 Å². The van der Waals surface area contributed by atoms with Crippen LogP contribution in [0.4, 0.5) is 0 Å². The molecule has 0 spiro atoms. The maximum atomic E-state index is 12.0. The molecule has 3 N–H and O–H groups in total. The van der Waals surface area contributed by atoms with Crippen LogP contribution in [-0.4, -0.2) is 46.3 Å². The summed E-state index contributed by atoms with van der Waals surface area (Å²) in [5.74, 6) is -3.51. The Balaban J connectivity index is 2.80. The normalized spacial score (nSPS) is 14.5. The summed E-state index contributed by atoms with van der Waals surface area (Å²) in [6, 6.07) is 7.42. The summed E-state index contributed by atoms with van der Waals surface area (Å²) in [5, 5.41) is 21.2. The molecule has 0 aliphatic heterocycles. The molecule has 0 saturated carbocycles. The molecule has 0 aliphatic rings. The number of benzene rings is 1. The topological polar surface area (TPSA) is 113 Å². The van der Waals surface area contributed by atoms with Gasteiger partial charge in [0.1, 0.15) is 6.04 Å². The molecule has 0 radical (unpaired) electrons. The van der Waals surface area contributed by atoms with E-state index in [4.69, 9.17) is 0 Å². The molecule has 7 nitrogen and oxygen atoms in total. The molecule has 0 heterocycles. The summed E-state index contributed by atoms with van der Waals surface area (Å²) in [7, 11) is 0. The zero-order chi connectivity index (χ0) is 16.8. The smallest absolute Gasteiger partial charge is 0.347 e. The standard InChI is InChI=1S/C15H19NO6/c1-3-22-14(20)15(2,21)13(19)16-11(12(17)18)9-10-7-5-4-6-8-10/h4-8,11,21H,3,9H2,1-2H3,(H,16,19)(H,17,18)/t11-,15+/m0/s1. The fraction of sp³-hybridized carbons (Fsp3) is 0.400. The van der Waals surface area contributed by atoms with Gasteiger partial charge in [0.15, 0.2) is 0 Å². The van der Waals surface area contributed by atoms with Crippen molar-refractivity contribution in [2.45, 2.75) is 31.9 Å². The van der Waals surface area contributed by atoms with Crippen LogP contribution in [0.3, 0.4) is 0 Å². The van der Waals surface area contributed by atoms with Crippen LogP contribution in [0.25, 0.3) is 0 Å². The molecule has 1 amide bonds. The van der Waals surface area contributed by atoms with Crippen LogP contribution >= 0.6 is 0 Å². The van der Waals surface area contributed by atoms with Gasteiger partial charge in [0.25, 0.3) is 5.91 Å². The van der Waals surface area contributed by atoms with Crippen LogP contribution in [-0.2, 0) is 25.5 Å². The second-order valence-electron chi connectivity index (χ2n) is 4.85. The number of carboxylic acids is 1. The van der Waals surface area contributed by atoms with Crippen molar-refractivity contribution in [1.82, 2.24) is 5.32 Å². The van der Waals surface area contributed by atoms with E-state index in [1.807, 2.05) is 0 Å². The molecule has 1 rings (SSSR count). The Kier molecular flexibility index (Phi) is 6.06. The van der Waals surface area contributed by atoms with Gasteiger partial charge in [-0.25, -0.2) is 9.59 Å². The molecule has 0 bridgehead atoms. The second-order valence-corrected chi connectivity index (χ2v) is 4.85. The summed E-state index contributed by atoms with van der Waals surface area (Å²) in [6.07, 6.45) is 0.0286. The van der Waals surface area contributed by atoms with E-state index >= 15 is 0 Å². The highest BCUT2D eigenvalue weighted by atomic mass is 16.5. The molecule has 22 heavy (non-hydrogen) atoms. The molecule has 0 unspecified atom stereocenters. The molecule has 120 valence electrons. The van der Waals surface area contributed by atoms with Crippen molar-refractivity contribution in [1.29, 1.82) is 0 Å². The van der Waals surface area contributed by atoms with Crippen molar-refractivity contribution in [3.8, 4) is 0 Å². The van der Waals surface area contributed by atoms with Crippen LogP contribution in [0.2, 0.25) is 0 Å². The maximum absolute atomic E-state index is 12.0. The average molecular weight is 309 g/mol. The zero-order valence-electron chi connectivity index (χ0n) is 12.4. The third kappa shape index (κ3) is 4.56. The molecular weight excluding hydrogens is 290 g/mol. The van der Waals surface area contributed by atoms with Crippen LogP contribution in [0, 0.1) is 0 Å². The van der Waals surface area contributed by atoms with E-state index in [1.165, 1.54) is 6.92 Å². The van der Waals surface area contributed by atoms with Crippen molar-refractivity contribution in [2.75, 3.05) is 6.61 Å². The monoisotopic (exact) mass is 309 g/mol. The van der Waals surface area contributed by atoms with E-state index in [2.05, 4.69) is 10.1 Å². The number of carbonyl (C=O) groups excluding carboxylic acids is 2. The van der Waals surface area contributed by atoms with Gasteiger partial charge in [-0.1, -0.05) is 30.3 Å². The number of nitrogens with one attached hydrogen (secondary N) is 1. The van der Waals surface area contributed by atoms with Crippen LogP contribution < -0.4 is 5.32 Å². The van der Waals surface area contributed by atoms with Gasteiger partial charge in [0, 0.05) is 6.42 Å². The van der Waals surface area contributed by atoms with E-state index in [9.17, 15) is 24.6 Å². The number of hydrogen-bond donors (Lipinski definition) is 3. The molecule has 1 aromatic carbocycles.